The van der Waals surface area contributed by atoms with E-state index in [0.717, 1.165) is 28.3 Å². The number of methoxy groups -OCH3 is 2. The Hall–Kier alpha value is -4.06. The minimum Gasteiger partial charge on any atom is -0.497 e. The van der Waals surface area contributed by atoms with E-state index in [4.69, 9.17) is 14.6 Å². The molecule has 0 saturated carbocycles. The third kappa shape index (κ3) is 4.59. The zero-order valence-electron chi connectivity index (χ0n) is 17.4. The van der Waals surface area contributed by atoms with Crippen LogP contribution in [0, 0.1) is 0 Å². The standard InChI is InChI=1S/C25H23N3O3/c1-30-21-13-11-19(12-14-21)24-23(17-28(27-24)20-8-4-3-5-9-20)25(29)26-16-18-7-6-10-22(15-18)31-2/h3-15,17H,16H2,1-2H3,(H,26,29). The van der Waals surface area contributed by atoms with E-state index >= 15 is 0 Å². The maximum Gasteiger partial charge on any atom is 0.255 e. The summed E-state index contributed by atoms with van der Waals surface area (Å²) >= 11 is 0. The summed E-state index contributed by atoms with van der Waals surface area (Å²) < 4.78 is 12.2. The van der Waals surface area contributed by atoms with Gasteiger partial charge in [0.1, 0.15) is 17.2 Å². The third-order valence-corrected chi connectivity index (χ3v) is 4.93. The fourth-order valence-corrected chi connectivity index (χ4v) is 3.28. The van der Waals surface area contributed by atoms with Gasteiger partial charge in [-0.25, -0.2) is 4.68 Å². The number of aromatic nitrogens is 2. The molecule has 1 amide bonds. The molecule has 0 fully saturated rings. The van der Waals surface area contributed by atoms with Gasteiger partial charge in [-0.15, -0.1) is 0 Å². The topological polar surface area (TPSA) is 65.4 Å². The molecule has 0 radical (unpaired) electrons. The van der Waals surface area contributed by atoms with E-state index in [1.807, 2.05) is 78.9 Å². The van der Waals surface area contributed by atoms with Crippen molar-refractivity contribution in [3.63, 3.8) is 0 Å². The van der Waals surface area contributed by atoms with Gasteiger partial charge in [0.05, 0.1) is 25.5 Å². The maximum absolute atomic E-state index is 13.1. The molecule has 3 aromatic carbocycles. The van der Waals surface area contributed by atoms with Crippen molar-refractivity contribution in [3.05, 3.63) is 96.2 Å². The van der Waals surface area contributed by atoms with Gasteiger partial charge in [-0.1, -0.05) is 30.3 Å². The van der Waals surface area contributed by atoms with E-state index in [2.05, 4.69) is 5.32 Å². The Bertz CT molecular complexity index is 1170. The number of nitrogens with one attached hydrogen (secondary N) is 1. The second-order valence-electron chi connectivity index (χ2n) is 6.93. The second kappa shape index (κ2) is 9.17. The normalized spacial score (nSPS) is 10.5. The van der Waals surface area contributed by atoms with E-state index in [1.165, 1.54) is 0 Å². The van der Waals surface area contributed by atoms with E-state index in [1.54, 1.807) is 25.1 Å². The zero-order valence-corrected chi connectivity index (χ0v) is 17.4. The minimum absolute atomic E-state index is 0.198. The van der Waals surface area contributed by atoms with E-state index < -0.39 is 0 Å². The molecule has 1 aromatic heterocycles. The molecule has 4 aromatic rings. The van der Waals surface area contributed by atoms with Gasteiger partial charge >= 0.3 is 0 Å². The highest BCUT2D eigenvalue weighted by molar-refractivity contribution is 5.99. The predicted octanol–water partition coefficient (Wildman–Crippen LogP) is 4.49. The summed E-state index contributed by atoms with van der Waals surface area (Å²) in [5.74, 6) is 1.30. The molecule has 0 spiro atoms. The van der Waals surface area contributed by atoms with Gasteiger partial charge < -0.3 is 14.8 Å². The number of rotatable bonds is 7. The fourth-order valence-electron chi connectivity index (χ4n) is 3.28. The van der Waals surface area contributed by atoms with Crippen molar-refractivity contribution >= 4 is 5.91 Å². The van der Waals surface area contributed by atoms with Crippen molar-refractivity contribution < 1.29 is 14.3 Å². The molecule has 6 nitrogen and oxygen atoms in total. The lowest BCUT2D eigenvalue weighted by Gasteiger charge is -2.07. The van der Waals surface area contributed by atoms with Crippen LogP contribution in [-0.2, 0) is 6.54 Å². The van der Waals surface area contributed by atoms with E-state index in [-0.39, 0.29) is 5.91 Å². The summed E-state index contributed by atoms with van der Waals surface area (Å²) in [6.45, 7) is 0.384. The molecule has 0 bridgehead atoms. The lowest BCUT2D eigenvalue weighted by Crippen LogP contribution is -2.23. The molecule has 1 heterocycles. The summed E-state index contributed by atoms with van der Waals surface area (Å²) in [5.41, 5.74) is 3.77. The van der Waals surface area contributed by atoms with Crippen molar-refractivity contribution in [2.45, 2.75) is 6.54 Å². The molecule has 4 rings (SSSR count). The monoisotopic (exact) mass is 413 g/mol. The van der Waals surface area contributed by atoms with Crippen LogP contribution in [0.2, 0.25) is 0 Å². The highest BCUT2D eigenvalue weighted by Crippen LogP contribution is 2.26. The Morgan fingerprint density at radius 2 is 1.65 bits per heavy atom. The Labute approximate surface area is 181 Å². The first-order valence-corrected chi connectivity index (χ1v) is 9.88. The SMILES string of the molecule is COc1ccc(-c2nn(-c3ccccc3)cc2C(=O)NCc2cccc(OC)c2)cc1. The molecule has 156 valence electrons. The van der Waals surface area contributed by atoms with Crippen molar-refractivity contribution in [2.24, 2.45) is 0 Å². The van der Waals surface area contributed by atoms with Crippen LogP contribution in [0.15, 0.2) is 85.1 Å². The van der Waals surface area contributed by atoms with Gasteiger partial charge in [0.25, 0.3) is 5.91 Å². The number of nitrogens with zero attached hydrogens (tertiary/aromatic N) is 2. The minimum atomic E-state index is -0.198. The molecule has 31 heavy (non-hydrogen) atoms. The highest BCUT2D eigenvalue weighted by Gasteiger charge is 2.19. The Balaban J connectivity index is 1.65. The van der Waals surface area contributed by atoms with Crippen molar-refractivity contribution in [1.82, 2.24) is 15.1 Å². The van der Waals surface area contributed by atoms with Crippen LogP contribution in [0.4, 0.5) is 0 Å². The van der Waals surface area contributed by atoms with Crippen molar-refractivity contribution in [3.8, 4) is 28.4 Å². The summed E-state index contributed by atoms with van der Waals surface area (Å²) in [6.07, 6.45) is 1.76. The van der Waals surface area contributed by atoms with E-state index in [9.17, 15) is 4.79 Å². The van der Waals surface area contributed by atoms with E-state index in [0.29, 0.717) is 17.8 Å². The third-order valence-electron chi connectivity index (χ3n) is 4.93. The molecule has 0 aliphatic rings. The first kappa shape index (κ1) is 20.2. The molecule has 6 heteroatoms. The summed E-state index contributed by atoms with van der Waals surface area (Å²) in [5, 5.41) is 7.70. The number of benzene rings is 3. The van der Waals surface area contributed by atoms with Crippen LogP contribution < -0.4 is 14.8 Å². The van der Waals surface area contributed by atoms with Gasteiger partial charge in [-0.3, -0.25) is 4.79 Å². The zero-order chi connectivity index (χ0) is 21.6. The van der Waals surface area contributed by atoms with Gasteiger partial charge in [-0.05, 0) is 54.1 Å². The molecule has 1 N–H and O–H groups in total. The Morgan fingerprint density at radius 3 is 2.35 bits per heavy atom. The number of para-hydroxylation sites is 1. The summed E-state index contributed by atoms with van der Waals surface area (Å²) in [4.78, 5) is 13.1. The van der Waals surface area contributed by atoms with Gasteiger partial charge in [0.2, 0.25) is 0 Å². The molecule has 0 aliphatic heterocycles. The summed E-state index contributed by atoms with van der Waals surface area (Å²) in [6, 6.07) is 24.8. The van der Waals surface area contributed by atoms with Crippen LogP contribution in [0.3, 0.4) is 0 Å². The van der Waals surface area contributed by atoms with Crippen LogP contribution >= 0.6 is 0 Å². The smallest absolute Gasteiger partial charge is 0.255 e. The lowest BCUT2D eigenvalue weighted by molar-refractivity contribution is 0.0951. The number of carbonyl (C=O) groups is 1. The Morgan fingerprint density at radius 1 is 0.903 bits per heavy atom. The molecule has 0 atom stereocenters. The highest BCUT2D eigenvalue weighted by atomic mass is 16.5. The molecular formula is C25H23N3O3. The quantitative estimate of drug-likeness (QED) is 0.485. The number of ether oxygens (including phenoxy) is 2. The Kier molecular flexibility index (Phi) is 5.98. The average Bonchev–Trinajstić information content (AvgIpc) is 3.29. The van der Waals surface area contributed by atoms with Gasteiger partial charge in [0.15, 0.2) is 0 Å². The van der Waals surface area contributed by atoms with Crippen molar-refractivity contribution in [2.75, 3.05) is 14.2 Å². The summed E-state index contributed by atoms with van der Waals surface area (Å²) in [7, 11) is 3.24. The number of carbonyl (C=O) groups excluding carboxylic acids is 1. The number of hydrogen-bond acceptors (Lipinski definition) is 4. The predicted molar refractivity (Wildman–Crippen MR) is 120 cm³/mol. The van der Waals surface area contributed by atoms with Gasteiger partial charge in [-0.2, -0.15) is 5.10 Å². The second-order valence-corrected chi connectivity index (χ2v) is 6.93. The van der Waals surface area contributed by atoms with Gasteiger partial charge in [0, 0.05) is 18.3 Å². The number of amides is 1. The first-order valence-electron chi connectivity index (χ1n) is 9.88. The van der Waals surface area contributed by atoms with Crippen LogP contribution in [-0.4, -0.2) is 29.9 Å². The first-order chi connectivity index (χ1) is 15.2. The van der Waals surface area contributed by atoms with Crippen molar-refractivity contribution in [1.29, 1.82) is 0 Å². The molecule has 0 saturated heterocycles. The average molecular weight is 413 g/mol. The largest absolute Gasteiger partial charge is 0.497 e. The van der Waals surface area contributed by atoms with Crippen LogP contribution in [0.1, 0.15) is 15.9 Å². The lowest BCUT2D eigenvalue weighted by atomic mass is 10.1. The maximum atomic E-state index is 13.1. The molecular weight excluding hydrogens is 390 g/mol. The van der Waals surface area contributed by atoms with Crippen LogP contribution in [0.5, 0.6) is 11.5 Å². The molecule has 0 unspecified atom stereocenters. The fraction of sp³-hybridized carbons (Fsp3) is 0.120. The number of hydrogen-bond donors (Lipinski definition) is 1. The molecule has 0 aliphatic carbocycles. The van der Waals surface area contributed by atoms with Crippen LogP contribution in [0.25, 0.3) is 16.9 Å².